The van der Waals surface area contributed by atoms with Gasteiger partial charge in [-0.2, -0.15) is 0 Å². The Balaban J connectivity index is 1.77. The number of hydrogen-bond donors (Lipinski definition) is 1. The first kappa shape index (κ1) is 14.1. The molecule has 0 amide bonds. The zero-order valence-electron chi connectivity index (χ0n) is 13.0. The molecule has 0 heterocycles. The molecule has 1 saturated carbocycles. The summed E-state index contributed by atoms with van der Waals surface area (Å²) < 4.78 is 0. The molecular formula is C19H28O. The summed E-state index contributed by atoms with van der Waals surface area (Å²) in [6.07, 6.45) is 16.6. The molecule has 1 nitrogen and oxygen atoms in total. The predicted octanol–water partition coefficient (Wildman–Crippen LogP) is 4.93. The zero-order chi connectivity index (χ0) is 14.2. The standard InChI is InChI=1S/C19H28O/c1-14-7-10-17(20)13-16(14)9-8-15-5-3-11-19(2)12-4-6-18(15)19/h5,8-9,17-18,20H,3-4,6-7,10-13H2,1-2H3/t17-,18-,19+/m0/s1. The summed E-state index contributed by atoms with van der Waals surface area (Å²) in [4.78, 5) is 0. The van der Waals surface area contributed by atoms with E-state index in [4.69, 9.17) is 0 Å². The second-order valence-corrected chi connectivity index (χ2v) is 7.38. The van der Waals surface area contributed by atoms with Gasteiger partial charge < -0.3 is 5.11 Å². The minimum atomic E-state index is -0.129. The van der Waals surface area contributed by atoms with Gasteiger partial charge in [0.25, 0.3) is 0 Å². The van der Waals surface area contributed by atoms with Crippen LogP contribution < -0.4 is 0 Å². The lowest BCUT2D eigenvalue weighted by Crippen LogP contribution is -2.25. The fraction of sp³-hybridized carbons (Fsp3) is 0.684. The Hall–Kier alpha value is -0.820. The van der Waals surface area contributed by atoms with Crippen molar-refractivity contribution in [3.8, 4) is 0 Å². The van der Waals surface area contributed by atoms with Crippen LogP contribution in [-0.2, 0) is 0 Å². The second-order valence-electron chi connectivity index (χ2n) is 7.38. The lowest BCUT2D eigenvalue weighted by molar-refractivity contribution is 0.159. The van der Waals surface area contributed by atoms with Gasteiger partial charge in [-0.15, -0.1) is 0 Å². The lowest BCUT2D eigenvalue weighted by Gasteiger charge is -2.36. The molecule has 0 aliphatic heterocycles. The van der Waals surface area contributed by atoms with Crippen LogP contribution in [-0.4, -0.2) is 11.2 Å². The van der Waals surface area contributed by atoms with Crippen molar-refractivity contribution in [2.24, 2.45) is 11.3 Å². The van der Waals surface area contributed by atoms with E-state index in [0.29, 0.717) is 5.41 Å². The highest BCUT2D eigenvalue weighted by Gasteiger charge is 2.41. The van der Waals surface area contributed by atoms with E-state index in [-0.39, 0.29) is 6.10 Å². The topological polar surface area (TPSA) is 20.2 Å². The van der Waals surface area contributed by atoms with Gasteiger partial charge in [0.05, 0.1) is 6.10 Å². The van der Waals surface area contributed by atoms with Gasteiger partial charge in [0, 0.05) is 0 Å². The first-order valence-electron chi connectivity index (χ1n) is 8.33. The number of aliphatic hydroxyl groups is 1. The van der Waals surface area contributed by atoms with Crippen molar-refractivity contribution in [2.45, 2.75) is 71.3 Å². The molecule has 1 heteroatoms. The highest BCUT2D eigenvalue weighted by molar-refractivity contribution is 5.35. The van der Waals surface area contributed by atoms with Gasteiger partial charge in [-0.3, -0.25) is 0 Å². The summed E-state index contributed by atoms with van der Waals surface area (Å²) >= 11 is 0. The molecule has 0 aromatic carbocycles. The van der Waals surface area contributed by atoms with Gasteiger partial charge in [-0.1, -0.05) is 37.1 Å². The minimum absolute atomic E-state index is 0.129. The largest absolute Gasteiger partial charge is 0.393 e. The molecule has 110 valence electrons. The highest BCUT2D eigenvalue weighted by atomic mass is 16.3. The van der Waals surface area contributed by atoms with E-state index in [1.165, 1.54) is 43.3 Å². The molecule has 1 N–H and O–H groups in total. The molecule has 0 saturated heterocycles. The van der Waals surface area contributed by atoms with Gasteiger partial charge in [-0.05, 0) is 74.3 Å². The van der Waals surface area contributed by atoms with Crippen LogP contribution in [0.2, 0.25) is 0 Å². The Morgan fingerprint density at radius 2 is 2.10 bits per heavy atom. The van der Waals surface area contributed by atoms with Crippen LogP contribution in [0.3, 0.4) is 0 Å². The Labute approximate surface area is 123 Å². The number of allylic oxidation sites excluding steroid dienone is 5. The maximum Gasteiger partial charge on any atom is 0.0583 e. The zero-order valence-corrected chi connectivity index (χ0v) is 13.0. The molecule has 0 bridgehead atoms. The molecule has 20 heavy (non-hydrogen) atoms. The van der Waals surface area contributed by atoms with E-state index in [9.17, 15) is 5.11 Å². The summed E-state index contributed by atoms with van der Waals surface area (Å²) in [5, 5.41) is 9.84. The maximum atomic E-state index is 9.84. The average molecular weight is 272 g/mol. The smallest absolute Gasteiger partial charge is 0.0583 e. The molecule has 0 aromatic heterocycles. The number of rotatable bonds is 2. The van der Waals surface area contributed by atoms with E-state index in [0.717, 1.165) is 25.2 Å². The molecule has 0 spiro atoms. The third kappa shape index (κ3) is 2.65. The van der Waals surface area contributed by atoms with Crippen molar-refractivity contribution in [2.75, 3.05) is 0 Å². The number of hydrogen-bond acceptors (Lipinski definition) is 1. The molecule has 3 rings (SSSR count). The van der Waals surface area contributed by atoms with Gasteiger partial charge in [0.1, 0.15) is 0 Å². The van der Waals surface area contributed by atoms with Crippen molar-refractivity contribution in [3.63, 3.8) is 0 Å². The molecule has 3 aliphatic rings. The first-order chi connectivity index (χ1) is 9.58. The summed E-state index contributed by atoms with van der Waals surface area (Å²) in [7, 11) is 0. The van der Waals surface area contributed by atoms with E-state index >= 15 is 0 Å². The molecule has 0 unspecified atom stereocenters. The monoisotopic (exact) mass is 272 g/mol. The van der Waals surface area contributed by atoms with Crippen LogP contribution in [0, 0.1) is 11.3 Å². The van der Waals surface area contributed by atoms with Crippen LogP contribution in [0.5, 0.6) is 0 Å². The van der Waals surface area contributed by atoms with Crippen molar-refractivity contribution < 1.29 is 5.11 Å². The Morgan fingerprint density at radius 3 is 2.95 bits per heavy atom. The molecule has 3 aliphatic carbocycles. The Kier molecular flexibility index (Phi) is 3.90. The highest BCUT2D eigenvalue weighted by Crippen LogP contribution is 2.52. The third-order valence-corrected chi connectivity index (χ3v) is 5.91. The van der Waals surface area contributed by atoms with Crippen molar-refractivity contribution in [1.29, 1.82) is 0 Å². The fourth-order valence-electron chi connectivity index (χ4n) is 4.48. The predicted molar refractivity (Wildman–Crippen MR) is 84.5 cm³/mol. The Morgan fingerprint density at radius 1 is 1.25 bits per heavy atom. The van der Waals surface area contributed by atoms with E-state index in [1.807, 2.05) is 0 Å². The van der Waals surface area contributed by atoms with Gasteiger partial charge >= 0.3 is 0 Å². The molecule has 3 atom stereocenters. The van der Waals surface area contributed by atoms with Crippen LogP contribution in [0.1, 0.15) is 65.2 Å². The van der Waals surface area contributed by atoms with Crippen LogP contribution in [0.15, 0.2) is 34.9 Å². The van der Waals surface area contributed by atoms with Gasteiger partial charge in [0.15, 0.2) is 0 Å². The first-order valence-corrected chi connectivity index (χ1v) is 8.33. The molecular weight excluding hydrogens is 244 g/mol. The maximum absolute atomic E-state index is 9.84. The van der Waals surface area contributed by atoms with E-state index in [2.05, 4.69) is 32.1 Å². The number of aliphatic hydroxyl groups excluding tert-OH is 1. The Bertz CT molecular complexity index is 468. The van der Waals surface area contributed by atoms with Gasteiger partial charge in [0.2, 0.25) is 0 Å². The second kappa shape index (κ2) is 5.52. The summed E-state index contributed by atoms with van der Waals surface area (Å²) in [5.41, 5.74) is 4.97. The fourth-order valence-corrected chi connectivity index (χ4v) is 4.48. The van der Waals surface area contributed by atoms with Crippen LogP contribution >= 0.6 is 0 Å². The normalized spacial score (nSPS) is 38.2. The minimum Gasteiger partial charge on any atom is -0.393 e. The average Bonchev–Trinajstić information content (AvgIpc) is 2.82. The van der Waals surface area contributed by atoms with Gasteiger partial charge in [-0.25, -0.2) is 0 Å². The van der Waals surface area contributed by atoms with Crippen molar-refractivity contribution in [1.82, 2.24) is 0 Å². The summed E-state index contributed by atoms with van der Waals surface area (Å²) in [6.45, 7) is 4.71. The van der Waals surface area contributed by atoms with Crippen LogP contribution in [0.4, 0.5) is 0 Å². The molecule has 1 fully saturated rings. The van der Waals surface area contributed by atoms with E-state index in [1.54, 1.807) is 5.57 Å². The van der Waals surface area contributed by atoms with E-state index < -0.39 is 0 Å². The molecule has 0 aromatic rings. The third-order valence-electron chi connectivity index (χ3n) is 5.91. The summed E-state index contributed by atoms with van der Waals surface area (Å²) in [5.74, 6) is 0.780. The van der Waals surface area contributed by atoms with Crippen molar-refractivity contribution >= 4 is 0 Å². The lowest BCUT2D eigenvalue weighted by atomic mass is 9.69. The summed E-state index contributed by atoms with van der Waals surface area (Å²) in [6, 6.07) is 0. The quantitative estimate of drug-likeness (QED) is 0.755. The molecule has 0 radical (unpaired) electrons. The van der Waals surface area contributed by atoms with Crippen LogP contribution in [0.25, 0.3) is 0 Å². The van der Waals surface area contributed by atoms with Crippen molar-refractivity contribution in [3.05, 3.63) is 34.9 Å². The number of fused-ring (bicyclic) bond motifs is 1. The SMILES string of the molecule is CC1=C(C=CC2=CCC[C@]3(C)CCC[C@@H]23)C[C@@H](O)CC1.